The van der Waals surface area contributed by atoms with Crippen molar-refractivity contribution in [2.45, 2.75) is 6.92 Å². The average molecular weight is 196 g/mol. The van der Waals surface area contributed by atoms with Gasteiger partial charge in [0.05, 0.1) is 0 Å². The molecule has 0 aromatic heterocycles. The lowest BCUT2D eigenvalue weighted by molar-refractivity contribution is 0.619. The van der Waals surface area contributed by atoms with Crippen LogP contribution in [0.4, 0.5) is 10.1 Å². The highest BCUT2D eigenvalue weighted by Gasteiger charge is 2.04. The van der Waals surface area contributed by atoms with Crippen molar-refractivity contribution in [1.29, 1.82) is 0 Å². The molecule has 0 aliphatic rings. The van der Waals surface area contributed by atoms with Gasteiger partial charge < -0.3 is 5.32 Å². The SMILES string of the molecule is CN=C(NN)Nc1cccc(F)c1C. The predicted molar refractivity (Wildman–Crippen MR) is 55.4 cm³/mol. The minimum absolute atomic E-state index is 0.262. The molecule has 4 N–H and O–H groups in total. The fraction of sp³-hybridized carbons (Fsp3) is 0.222. The molecule has 1 aromatic carbocycles. The molecule has 14 heavy (non-hydrogen) atoms. The minimum Gasteiger partial charge on any atom is -0.325 e. The second-order valence-corrected chi connectivity index (χ2v) is 2.75. The number of anilines is 1. The first-order chi connectivity index (χ1) is 6.69. The summed E-state index contributed by atoms with van der Waals surface area (Å²) < 4.78 is 13.1. The number of guanidine groups is 1. The van der Waals surface area contributed by atoms with Gasteiger partial charge in [0.1, 0.15) is 5.82 Å². The summed E-state index contributed by atoms with van der Waals surface area (Å²) >= 11 is 0. The Labute approximate surface area is 82.0 Å². The number of benzene rings is 1. The summed E-state index contributed by atoms with van der Waals surface area (Å²) in [5, 5.41) is 2.86. The Morgan fingerprint density at radius 3 is 2.79 bits per heavy atom. The Balaban J connectivity index is 2.92. The fourth-order valence-corrected chi connectivity index (χ4v) is 1.03. The first-order valence-electron chi connectivity index (χ1n) is 4.14. The van der Waals surface area contributed by atoms with Gasteiger partial charge >= 0.3 is 0 Å². The van der Waals surface area contributed by atoms with E-state index in [2.05, 4.69) is 15.7 Å². The summed E-state index contributed by atoms with van der Waals surface area (Å²) in [5.41, 5.74) is 3.54. The largest absolute Gasteiger partial charge is 0.325 e. The van der Waals surface area contributed by atoms with Crippen molar-refractivity contribution in [3.63, 3.8) is 0 Å². The van der Waals surface area contributed by atoms with E-state index in [0.717, 1.165) is 0 Å². The molecule has 0 bridgehead atoms. The van der Waals surface area contributed by atoms with E-state index in [0.29, 0.717) is 17.2 Å². The lowest BCUT2D eigenvalue weighted by Crippen LogP contribution is -2.36. The van der Waals surface area contributed by atoms with Crippen molar-refractivity contribution in [2.24, 2.45) is 10.8 Å². The molecule has 0 atom stereocenters. The maximum Gasteiger partial charge on any atom is 0.209 e. The summed E-state index contributed by atoms with van der Waals surface area (Å²) in [4.78, 5) is 3.82. The van der Waals surface area contributed by atoms with Crippen molar-refractivity contribution in [1.82, 2.24) is 5.43 Å². The van der Waals surface area contributed by atoms with Crippen LogP contribution in [0.5, 0.6) is 0 Å². The highest BCUT2D eigenvalue weighted by atomic mass is 19.1. The van der Waals surface area contributed by atoms with Crippen LogP contribution in [0.15, 0.2) is 23.2 Å². The van der Waals surface area contributed by atoms with Crippen LogP contribution in [0.25, 0.3) is 0 Å². The molecule has 1 rings (SSSR count). The molecule has 0 unspecified atom stereocenters. The molecule has 0 saturated carbocycles. The van der Waals surface area contributed by atoms with Crippen LogP contribution in [0.2, 0.25) is 0 Å². The number of halogens is 1. The number of nitrogens with zero attached hydrogens (tertiary/aromatic N) is 1. The molecule has 76 valence electrons. The molecule has 1 aromatic rings. The third-order valence-corrected chi connectivity index (χ3v) is 1.88. The van der Waals surface area contributed by atoms with E-state index in [1.807, 2.05) is 0 Å². The minimum atomic E-state index is -0.262. The van der Waals surface area contributed by atoms with Crippen molar-refractivity contribution in [2.75, 3.05) is 12.4 Å². The quantitative estimate of drug-likeness (QED) is 0.272. The van der Waals surface area contributed by atoms with Crippen LogP contribution >= 0.6 is 0 Å². The van der Waals surface area contributed by atoms with Gasteiger partial charge in [-0.15, -0.1) is 0 Å². The Morgan fingerprint density at radius 1 is 1.50 bits per heavy atom. The fourth-order valence-electron chi connectivity index (χ4n) is 1.03. The van der Waals surface area contributed by atoms with Gasteiger partial charge in [0.15, 0.2) is 0 Å². The number of hydrogen-bond donors (Lipinski definition) is 3. The molecule has 0 amide bonds. The highest BCUT2D eigenvalue weighted by molar-refractivity contribution is 5.93. The van der Waals surface area contributed by atoms with Gasteiger partial charge in [0.25, 0.3) is 0 Å². The molecule has 5 heteroatoms. The Kier molecular flexibility index (Phi) is 3.41. The zero-order chi connectivity index (χ0) is 10.6. The van der Waals surface area contributed by atoms with Crippen LogP contribution < -0.4 is 16.6 Å². The second-order valence-electron chi connectivity index (χ2n) is 2.75. The van der Waals surface area contributed by atoms with Crippen molar-refractivity contribution in [3.8, 4) is 0 Å². The molecule has 0 saturated heterocycles. The molecular formula is C9H13FN4. The van der Waals surface area contributed by atoms with E-state index in [1.165, 1.54) is 6.07 Å². The molecular weight excluding hydrogens is 183 g/mol. The lowest BCUT2D eigenvalue weighted by Gasteiger charge is -2.10. The van der Waals surface area contributed by atoms with Gasteiger partial charge in [-0.3, -0.25) is 10.4 Å². The Hall–Kier alpha value is -1.62. The van der Waals surface area contributed by atoms with Crippen LogP contribution in [0.1, 0.15) is 5.56 Å². The van der Waals surface area contributed by atoms with E-state index in [9.17, 15) is 4.39 Å². The van der Waals surface area contributed by atoms with Crippen LogP contribution in [-0.2, 0) is 0 Å². The van der Waals surface area contributed by atoms with Gasteiger partial charge in [-0.2, -0.15) is 0 Å². The molecule has 0 aliphatic carbocycles. The zero-order valence-corrected chi connectivity index (χ0v) is 8.13. The first kappa shape index (κ1) is 10.5. The number of aliphatic imine (C=N–C) groups is 1. The molecule has 0 spiro atoms. The van der Waals surface area contributed by atoms with E-state index in [-0.39, 0.29) is 5.82 Å². The predicted octanol–water partition coefficient (Wildman–Crippen LogP) is 0.995. The van der Waals surface area contributed by atoms with Crippen LogP contribution in [0, 0.1) is 12.7 Å². The molecule has 0 heterocycles. The van der Waals surface area contributed by atoms with Gasteiger partial charge in [-0.1, -0.05) is 6.07 Å². The highest BCUT2D eigenvalue weighted by Crippen LogP contribution is 2.16. The molecule has 0 aliphatic heterocycles. The number of hydrazine groups is 1. The molecule has 0 fully saturated rings. The van der Waals surface area contributed by atoms with Gasteiger partial charge in [0.2, 0.25) is 5.96 Å². The number of nitrogens with two attached hydrogens (primary N) is 1. The number of hydrogen-bond acceptors (Lipinski definition) is 2. The third kappa shape index (κ3) is 2.20. The normalized spacial score (nSPS) is 11.3. The van der Waals surface area contributed by atoms with Crippen LogP contribution in [-0.4, -0.2) is 13.0 Å². The number of rotatable bonds is 1. The zero-order valence-electron chi connectivity index (χ0n) is 8.13. The van der Waals surface area contributed by atoms with Crippen molar-refractivity contribution in [3.05, 3.63) is 29.6 Å². The summed E-state index contributed by atoms with van der Waals surface area (Å²) in [6.07, 6.45) is 0. The summed E-state index contributed by atoms with van der Waals surface area (Å²) in [7, 11) is 1.58. The van der Waals surface area contributed by atoms with Gasteiger partial charge in [-0.05, 0) is 19.1 Å². The van der Waals surface area contributed by atoms with E-state index in [4.69, 9.17) is 5.84 Å². The summed E-state index contributed by atoms with van der Waals surface area (Å²) in [6, 6.07) is 4.77. The topological polar surface area (TPSA) is 62.4 Å². The molecule has 0 radical (unpaired) electrons. The van der Waals surface area contributed by atoms with Gasteiger partial charge in [-0.25, -0.2) is 10.2 Å². The van der Waals surface area contributed by atoms with Gasteiger partial charge in [0, 0.05) is 18.3 Å². The summed E-state index contributed by atoms with van der Waals surface area (Å²) in [6.45, 7) is 1.68. The van der Waals surface area contributed by atoms with E-state index in [1.54, 1.807) is 26.1 Å². The smallest absolute Gasteiger partial charge is 0.209 e. The van der Waals surface area contributed by atoms with Crippen molar-refractivity contribution >= 4 is 11.6 Å². The van der Waals surface area contributed by atoms with Crippen molar-refractivity contribution < 1.29 is 4.39 Å². The van der Waals surface area contributed by atoms with Crippen LogP contribution in [0.3, 0.4) is 0 Å². The maximum atomic E-state index is 13.1. The number of nitrogens with one attached hydrogen (secondary N) is 2. The Bertz CT molecular complexity index is 349. The molecule has 4 nitrogen and oxygen atoms in total. The maximum absolute atomic E-state index is 13.1. The first-order valence-corrected chi connectivity index (χ1v) is 4.14. The van der Waals surface area contributed by atoms with E-state index >= 15 is 0 Å². The van der Waals surface area contributed by atoms with E-state index < -0.39 is 0 Å². The monoisotopic (exact) mass is 196 g/mol. The summed E-state index contributed by atoms with van der Waals surface area (Å²) in [5.74, 6) is 5.31. The standard InChI is InChI=1S/C9H13FN4/c1-6-7(10)4-3-5-8(6)13-9(12-2)14-11/h3-5H,11H2,1-2H3,(H2,12,13,14). The lowest BCUT2D eigenvalue weighted by atomic mass is 10.2. The Morgan fingerprint density at radius 2 is 2.21 bits per heavy atom. The average Bonchev–Trinajstić information content (AvgIpc) is 2.20. The second kappa shape index (κ2) is 4.57. The third-order valence-electron chi connectivity index (χ3n) is 1.88.